The molecule has 152 valence electrons. The number of anilines is 1. The number of ether oxygens (including phenoxy) is 2. The molecule has 28 heavy (non-hydrogen) atoms. The number of benzene rings is 1. The second kappa shape index (κ2) is 7.62. The third kappa shape index (κ3) is 3.81. The van der Waals surface area contributed by atoms with E-state index in [9.17, 15) is 9.59 Å². The van der Waals surface area contributed by atoms with Crippen LogP contribution in [0.5, 0.6) is 5.75 Å². The summed E-state index contributed by atoms with van der Waals surface area (Å²) in [5.41, 5.74) is 1.50. The summed E-state index contributed by atoms with van der Waals surface area (Å²) in [4.78, 5) is 27.7. The fourth-order valence-electron chi connectivity index (χ4n) is 4.41. The second-order valence-electron chi connectivity index (χ2n) is 8.32. The first-order valence-corrected chi connectivity index (χ1v) is 10.1. The molecule has 1 aromatic rings. The van der Waals surface area contributed by atoms with Crippen LogP contribution in [-0.2, 0) is 9.53 Å². The molecule has 0 unspecified atom stereocenters. The molecular weight excluding hydrogens is 358 g/mol. The van der Waals surface area contributed by atoms with Crippen LogP contribution in [0.3, 0.4) is 0 Å². The van der Waals surface area contributed by atoms with Crippen LogP contribution in [-0.4, -0.2) is 56.3 Å². The van der Waals surface area contributed by atoms with Gasteiger partial charge in [-0.15, -0.1) is 0 Å². The van der Waals surface area contributed by atoms with E-state index in [1.807, 2.05) is 25.1 Å². The molecule has 3 aliphatic rings. The number of hydrogen-bond donors (Lipinski definition) is 2. The van der Waals surface area contributed by atoms with Gasteiger partial charge in [0.05, 0.1) is 18.7 Å². The van der Waals surface area contributed by atoms with Crippen LogP contribution in [0, 0.1) is 18.3 Å². The Morgan fingerprint density at radius 1 is 1.25 bits per heavy atom. The van der Waals surface area contributed by atoms with Gasteiger partial charge in [0.15, 0.2) is 0 Å². The van der Waals surface area contributed by atoms with Crippen molar-refractivity contribution in [2.45, 2.75) is 38.6 Å². The number of likely N-dealkylation sites (tertiary alicyclic amines) is 1. The zero-order chi connectivity index (χ0) is 19.7. The largest absolute Gasteiger partial charge is 0.495 e. The van der Waals surface area contributed by atoms with E-state index < -0.39 is 0 Å². The summed E-state index contributed by atoms with van der Waals surface area (Å²) in [5, 5.41) is 6.12. The number of methoxy groups -OCH3 is 1. The average Bonchev–Trinajstić information content (AvgIpc) is 3.42. The monoisotopic (exact) mass is 387 g/mol. The number of carbonyl (C=O) groups is 2. The summed E-state index contributed by atoms with van der Waals surface area (Å²) in [6, 6.07) is 5.83. The molecule has 1 atom stereocenters. The van der Waals surface area contributed by atoms with Gasteiger partial charge in [-0.05, 0) is 50.3 Å². The van der Waals surface area contributed by atoms with E-state index in [4.69, 9.17) is 9.47 Å². The van der Waals surface area contributed by atoms with Crippen molar-refractivity contribution in [3.05, 3.63) is 23.8 Å². The lowest BCUT2D eigenvalue weighted by molar-refractivity contribution is -0.130. The van der Waals surface area contributed by atoms with E-state index in [0.29, 0.717) is 43.8 Å². The molecule has 0 aromatic heterocycles. The molecular formula is C21H29N3O4. The number of aryl methyl sites for hydroxylation is 1. The highest BCUT2D eigenvalue weighted by molar-refractivity contribution is 5.92. The van der Waals surface area contributed by atoms with E-state index in [2.05, 4.69) is 10.6 Å². The Labute approximate surface area is 165 Å². The highest BCUT2D eigenvalue weighted by atomic mass is 16.5. The van der Waals surface area contributed by atoms with Gasteiger partial charge in [0.1, 0.15) is 5.75 Å². The first-order valence-electron chi connectivity index (χ1n) is 10.1. The third-order valence-corrected chi connectivity index (χ3v) is 6.26. The predicted molar refractivity (Wildman–Crippen MR) is 105 cm³/mol. The predicted octanol–water partition coefficient (Wildman–Crippen LogP) is 2.54. The molecule has 1 aliphatic carbocycles. The number of urea groups is 1. The summed E-state index contributed by atoms with van der Waals surface area (Å²) in [6.07, 6.45) is 3.75. The molecule has 3 amide bonds. The third-order valence-electron chi connectivity index (χ3n) is 6.26. The topological polar surface area (TPSA) is 79.9 Å². The van der Waals surface area contributed by atoms with Crippen LogP contribution in [0.25, 0.3) is 0 Å². The van der Waals surface area contributed by atoms with Crippen molar-refractivity contribution in [2.75, 3.05) is 38.7 Å². The summed E-state index contributed by atoms with van der Waals surface area (Å²) < 4.78 is 10.9. The van der Waals surface area contributed by atoms with Crippen LogP contribution >= 0.6 is 0 Å². The fourth-order valence-corrected chi connectivity index (χ4v) is 4.41. The smallest absolute Gasteiger partial charge is 0.321 e. The quantitative estimate of drug-likeness (QED) is 0.832. The fraction of sp³-hybridized carbons (Fsp3) is 0.619. The van der Waals surface area contributed by atoms with Crippen molar-refractivity contribution >= 4 is 17.6 Å². The Hall–Kier alpha value is -2.28. The van der Waals surface area contributed by atoms with Crippen molar-refractivity contribution in [2.24, 2.45) is 11.3 Å². The molecule has 0 bridgehead atoms. The van der Waals surface area contributed by atoms with E-state index in [1.165, 1.54) is 0 Å². The molecule has 4 rings (SSSR count). The number of carbonyl (C=O) groups excluding carboxylic acids is 2. The molecule has 7 heteroatoms. The van der Waals surface area contributed by atoms with Crippen LogP contribution in [0.2, 0.25) is 0 Å². The minimum atomic E-state index is -0.189. The zero-order valence-electron chi connectivity index (χ0n) is 16.6. The van der Waals surface area contributed by atoms with E-state index in [1.54, 1.807) is 12.0 Å². The Morgan fingerprint density at radius 2 is 2.00 bits per heavy atom. The second-order valence-corrected chi connectivity index (χ2v) is 8.32. The number of nitrogens with zero attached hydrogens (tertiary/aromatic N) is 1. The highest BCUT2D eigenvalue weighted by Crippen LogP contribution is 2.45. The number of rotatable bonds is 4. The Balaban J connectivity index is 1.50. The number of amides is 3. The lowest BCUT2D eigenvalue weighted by atomic mass is 9.71. The maximum absolute atomic E-state index is 13.0. The van der Waals surface area contributed by atoms with Gasteiger partial charge in [-0.25, -0.2) is 4.79 Å². The van der Waals surface area contributed by atoms with Gasteiger partial charge < -0.3 is 25.0 Å². The number of nitrogens with one attached hydrogen (secondary N) is 2. The van der Waals surface area contributed by atoms with Crippen molar-refractivity contribution < 1.29 is 19.1 Å². The molecule has 3 fully saturated rings. The van der Waals surface area contributed by atoms with Gasteiger partial charge >= 0.3 is 6.03 Å². The normalized spacial score (nSPS) is 23.5. The molecule has 1 aromatic carbocycles. The van der Waals surface area contributed by atoms with Gasteiger partial charge in [-0.2, -0.15) is 0 Å². The van der Waals surface area contributed by atoms with Crippen molar-refractivity contribution in [1.82, 2.24) is 10.2 Å². The van der Waals surface area contributed by atoms with Crippen molar-refractivity contribution in [3.8, 4) is 5.75 Å². The van der Waals surface area contributed by atoms with Crippen LogP contribution < -0.4 is 15.4 Å². The minimum absolute atomic E-state index is 0.0906. The molecule has 1 saturated carbocycles. The molecule has 2 N–H and O–H groups in total. The van der Waals surface area contributed by atoms with Crippen LogP contribution in [0.4, 0.5) is 10.5 Å². The molecule has 1 spiro atoms. The standard InChI is InChI=1S/C21H29N3O4/c1-14-3-6-18(27-2)17(11-14)23-20(26)24-12-16(19(25)22-15-4-5-15)21(13-24)7-9-28-10-8-21/h3,6,11,15-16H,4-5,7-10,12-13H2,1-2H3,(H,22,25)(H,23,26)/t16-/m1/s1. The molecule has 7 nitrogen and oxygen atoms in total. The first kappa shape index (κ1) is 19.1. The van der Waals surface area contributed by atoms with Gasteiger partial charge in [0.25, 0.3) is 0 Å². The summed E-state index contributed by atoms with van der Waals surface area (Å²) in [6.45, 7) is 4.29. The maximum atomic E-state index is 13.0. The Morgan fingerprint density at radius 3 is 2.68 bits per heavy atom. The summed E-state index contributed by atoms with van der Waals surface area (Å²) in [7, 11) is 1.59. The zero-order valence-corrected chi connectivity index (χ0v) is 16.6. The molecule has 2 heterocycles. The van der Waals surface area contributed by atoms with Gasteiger partial charge in [-0.1, -0.05) is 6.07 Å². The minimum Gasteiger partial charge on any atom is -0.495 e. The van der Waals surface area contributed by atoms with Gasteiger partial charge in [0, 0.05) is 37.8 Å². The molecule has 0 radical (unpaired) electrons. The summed E-state index contributed by atoms with van der Waals surface area (Å²) >= 11 is 0. The van der Waals surface area contributed by atoms with Crippen molar-refractivity contribution in [1.29, 1.82) is 0 Å². The number of hydrogen-bond acceptors (Lipinski definition) is 4. The summed E-state index contributed by atoms with van der Waals surface area (Å²) in [5.74, 6) is 0.539. The lowest BCUT2D eigenvalue weighted by Gasteiger charge is -2.37. The van der Waals surface area contributed by atoms with Gasteiger partial charge in [-0.3, -0.25) is 4.79 Å². The highest BCUT2D eigenvalue weighted by Gasteiger charge is 2.52. The van der Waals surface area contributed by atoms with E-state index >= 15 is 0 Å². The van der Waals surface area contributed by atoms with Crippen LogP contribution in [0.1, 0.15) is 31.2 Å². The first-order chi connectivity index (χ1) is 13.5. The average molecular weight is 387 g/mol. The SMILES string of the molecule is COc1ccc(C)cc1NC(=O)N1C[C@H](C(=O)NC2CC2)C2(CCOCC2)C1. The van der Waals surface area contributed by atoms with E-state index in [-0.39, 0.29) is 23.3 Å². The molecule has 2 saturated heterocycles. The van der Waals surface area contributed by atoms with Crippen LogP contribution in [0.15, 0.2) is 18.2 Å². The molecule has 2 aliphatic heterocycles. The Kier molecular flexibility index (Phi) is 5.19. The maximum Gasteiger partial charge on any atom is 0.321 e. The van der Waals surface area contributed by atoms with E-state index in [0.717, 1.165) is 31.2 Å². The van der Waals surface area contributed by atoms with Crippen molar-refractivity contribution in [3.63, 3.8) is 0 Å². The van der Waals surface area contributed by atoms with Gasteiger partial charge in [0.2, 0.25) is 5.91 Å². The Bertz CT molecular complexity index is 756. The lowest BCUT2D eigenvalue weighted by Crippen LogP contribution is -2.45.